The summed E-state index contributed by atoms with van der Waals surface area (Å²) in [6.07, 6.45) is 0.885. The van der Waals surface area contributed by atoms with Gasteiger partial charge in [-0.15, -0.1) is 0 Å². The van der Waals surface area contributed by atoms with Crippen molar-refractivity contribution in [2.45, 2.75) is 20.3 Å². The minimum Gasteiger partial charge on any atom is -0.379 e. The van der Waals surface area contributed by atoms with Crippen LogP contribution in [0.1, 0.15) is 20.3 Å². The van der Waals surface area contributed by atoms with Crippen LogP contribution in [0.25, 0.3) is 0 Å². The zero-order valence-corrected chi connectivity index (χ0v) is 11.4. The van der Waals surface area contributed by atoms with Crippen molar-refractivity contribution in [3.05, 3.63) is 34.1 Å². The highest BCUT2D eigenvalue weighted by atomic mass is 19.1. The fraction of sp³-hybridized carbons (Fsp3) is 0.538. The zero-order valence-electron chi connectivity index (χ0n) is 11.4. The van der Waals surface area contributed by atoms with E-state index in [0.717, 1.165) is 32.1 Å². The normalized spacial score (nSPS) is 10.7. The number of anilines is 1. The van der Waals surface area contributed by atoms with Gasteiger partial charge in [-0.25, -0.2) is 4.39 Å². The lowest BCUT2D eigenvalue weighted by Crippen LogP contribution is -2.25. The van der Waals surface area contributed by atoms with E-state index in [1.807, 2.05) is 0 Å². The Balaban J connectivity index is 2.51. The van der Waals surface area contributed by atoms with E-state index < -0.39 is 10.7 Å². The van der Waals surface area contributed by atoms with Gasteiger partial charge in [0.25, 0.3) is 5.69 Å². The lowest BCUT2D eigenvalue weighted by atomic mass is 10.2. The average Bonchev–Trinajstić information content (AvgIpc) is 2.40. The number of nitrogens with zero attached hydrogens (tertiary/aromatic N) is 2. The second-order valence-corrected chi connectivity index (χ2v) is 4.23. The third-order valence-corrected chi connectivity index (χ3v) is 3.02. The van der Waals surface area contributed by atoms with Gasteiger partial charge in [-0.1, -0.05) is 13.8 Å². The Morgan fingerprint density at radius 2 is 2.05 bits per heavy atom. The summed E-state index contributed by atoms with van der Waals surface area (Å²) in [6, 6.07) is 3.57. The molecule has 0 bridgehead atoms. The highest BCUT2D eigenvalue weighted by molar-refractivity contribution is 5.61. The van der Waals surface area contributed by atoms with Crippen LogP contribution < -0.4 is 5.32 Å². The number of halogens is 1. The number of nitrogens with one attached hydrogen (secondary N) is 1. The summed E-state index contributed by atoms with van der Waals surface area (Å²) in [4.78, 5) is 12.5. The van der Waals surface area contributed by atoms with Crippen LogP contribution >= 0.6 is 0 Å². The van der Waals surface area contributed by atoms with Gasteiger partial charge in [0.05, 0.1) is 11.0 Å². The molecule has 0 amide bonds. The molecule has 0 radical (unpaired) electrons. The van der Waals surface area contributed by atoms with E-state index in [9.17, 15) is 14.5 Å². The summed E-state index contributed by atoms with van der Waals surface area (Å²) in [5, 5.41) is 13.8. The maximum absolute atomic E-state index is 13.0. The van der Waals surface area contributed by atoms with E-state index in [1.54, 1.807) is 0 Å². The quantitative estimate of drug-likeness (QED) is 0.448. The van der Waals surface area contributed by atoms with Crippen LogP contribution in [0.5, 0.6) is 0 Å². The highest BCUT2D eigenvalue weighted by Crippen LogP contribution is 2.24. The first-order valence-electron chi connectivity index (χ1n) is 6.48. The Morgan fingerprint density at radius 1 is 1.37 bits per heavy atom. The predicted octanol–water partition coefficient (Wildman–Crippen LogP) is 2.88. The molecule has 0 aliphatic heterocycles. The summed E-state index contributed by atoms with van der Waals surface area (Å²) in [5.74, 6) is -0.597. The van der Waals surface area contributed by atoms with Crippen molar-refractivity contribution in [2.75, 3.05) is 31.5 Å². The zero-order chi connectivity index (χ0) is 14.3. The molecule has 1 N–H and O–H groups in total. The van der Waals surface area contributed by atoms with Crippen LogP contribution in [0.15, 0.2) is 18.2 Å². The van der Waals surface area contributed by atoms with Gasteiger partial charge < -0.3 is 10.2 Å². The lowest BCUT2D eigenvalue weighted by Gasteiger charge is -2.17. The highest BCUT2D eigenvalue weighted by Gasteiger charge is 2.14. The van der Waals surface area contributed by atoms with Gasteiger partial charge >= 0.3 is 0 Å². The van der Waals surface area contributed by atoms with Crippen LogP contribution in [0.3, 0.4) is 0 Å². The molecule has 0 saturated heterocycles. The molecule has 0 unspecified atom stereocenters. The smallest absolute Gasteiger partial charge is 0.295 e. The average molecular weight is 269 g/mol. The first-order valence-corrected chi connectivity index (χ1v) is 6.48. The topological polar surface area (TPSA) is 58.4 Å². The molecule has 0 fully saturated rings. The van der Waals surface area contributed by atoms with Gasteiger partial charge in [-0.05, 0) is 38.2 Å². The Labute approximate surface area is 112 Å². The van der Waals surface area contributed by atoms with Crippen molar-refractivity contribution in [3.8, 4) is 0 Å². The van der Waals surface area contributed by atoms with Crippen LogP contribution in [-0.4, -0.2) is 36.0 Å². The monoisotopic (exact) mass is 269 g/mol. The van der Waals surface area contributed by atoms with Crippen LogP contribution in [0, 0.1) is 15.9 Å². The first-order chi connectivity index (χ1) is 9.08. The van der Waals surface area contributed by atoms with Crippen molar-refractivity contribution < 1.29 is 9.31 Å². The van der Waals surface area contributed by atoms with Gasteiger partial charge in [-0.3, -0.25) is 10.1 Å². The Bertz CT molecular complexity index is 422. The number of hydrogen-bond acceptors (Lipinski definition) is 4. The van der Waals surface area contributed by atoms with Crippen molar-refractivity contribution >= 4 is 11.4 Å². The SMILES string of the molecule is CCN(CC)CCCNc1ccc(F)cc1[N+](=O)[O-]. The van der Waals surface area contributed by atoms with Crippen LogP contribution in [0.2, 0.25) is 0 Å². The van der Waals surface area contributed by atoms with Crippen LogP contribution in [0.4, 0.5) is 15.8 Å². The van der Waals surface area contributed by atoms with E-state index in [1.165, 1.54) is 12.1 Å². The maximum atomic E-state index is 13.0. The Hall–Kier alpha value is -1.69. The molecule has 0 spiro atoms. The molecule has 6 heteroatoms. The molecule has 1 aromatic carbocycles. The Morgan fingerprint density at radius 3 is 2.63 bits per heavy atom. The van der Waals surface area contributed by atoms with Crippen molar-refractivity contribution in [1.82, 2.24) is 4.90 Å². The molecule has 0 heterocycles. The first kappa shape index (κ1) is 15.4. The van der Waals surface area contributed by atoms with E-state index in [-0.39, 0.29) is 5.69 Å². The molecule has 0 aromatic heterocycles. The summed E-state index contributed by atoms with van der Waals surface area (Å²) >= 11 is 0. The standard InChI is InChI=1S/C13H20FN3O2/c1-3-16(4-2)9-5-8-15-12-7-6-11(14)10-13(12)17(18)19/h6-7,10,15H,3-5,8-9H2,1-2H3. The van der Waals surface area contributed by atoms with Crippen LogP contribution in [-0.2, 0) is 0 Å². The molecule has 0 aliphatic carbocycles. The van der Waals surface area contributed by atoms with Gasteiger partial charge in [0, 0.05) is 6.54 Å². The molecule has 106 valence electrons. The summed E-state index contributed by atoms with van der Waals surface area (Å²) in [6.45, 7) is 7.75. The van der Waals surface area contributed by atoms with Crippen molar-refractivity contribution in [3.63, 3.8) is 0 Å². The number of nitro groups is 1. The van der Waals surface area contributed by atoms with Gasteiger partial charge in [0.15, 0.2) is 0 Å². The molecule has 0 aliphatic rings. The third kappa shape index (κ3) is 4.82. The van der Waals surface area contributed by atoms with E-state index in [4.69, 9.17) is 0 Å². The second-order valence-electron chi connectivity index (χ2n) is 4.23. The van der Waals surface area contributed by atoms with Crippen molar-refractivity contribution in [1.29, 1.82) is 0 Å². The fourth-order valence-electron chi connectivity index (χ4n) is 1.87. The number of benzene rings is 1. The molecule has 19 heavy (non-hydrogen) atoms. The summed E-state index contributed by atoms with van der Waals surface area (Å²) in [7, 11) is 0. The summed E-state index contributed by atoms with van der Waals surface area (Å²) < 4.78 is 13.0. The number of nitro benzene ring substituents is 1. The predicted molar refractivity (Wildman–Crippen MR) is 73.9 cm³/mol. The van der Waals surface area contributed by atoms with Gasteiger partial charge in [0.2, 0.25) is 0 Å². The third-order valence-electron chi connectivity index (χ3n) is 3.02. The van der Waals surface area contributed by atoms with E-state index >= 15 is 0 Å². The maximum Gasteiger partial charge on any atom is 0.295 e. The second kappa shape index (κ2) is 7.68. The summed E-state index contributed by atoms with van der Waals surface area (Å²) in [5.41, 5.74) is 0.147. The van der Waals surface area contributed by atoms with Crippen molar-refractivity contribution in [2.24, 2.45) is 0 Å². The fourth-order valence-corrected chi connectivity index (χ4v) is 1.87. The number of hydrogen-bond donors (Lipinski definition) is 1. The Kier molecular flexibility index (Phi) is 6.21. The minimum atomic E-state index is -0.597. The molecule has 5 nitrogen and oxygen atoms in total. The van der Waals surface area contributed by atoms with E-state index in [0.29, 0.717) is 12.2 Å². The van der Waals surface area contributed by atoms with Gasteiger partial charge in [-0.2, -0.15) is 0 Å². The molecule has 0 saturated carbocycles. The largest absolute Gasteiger partial charge is 0.379 e. The van der Waals surface area contributed by atoms with E-state index in [2.05, 4.69) is 24.1 Å². The number of rotatable bonds is 8. The molecule has 1 aromatic rings. The molecular formula is C13H20FN3O2. The minimum absolute atomic E-state index is 0.220. The lowest BCUT2D eigenvalue weighted by molar-refractivity contribution is -0.384. The van der Waals surface area contributed by atoms with Gasteiger partial charge in [0.1, 0.15) is 11.5 Å². The molecule has 1 rings (SSSR count). The molecular weight excluding hydrogens is 249 g/mol. The molecule has 0 atom stereocenters.